The fourth-order valence-corrected chi connectivity index (χ4v) is 3.56. The van der Waals surface area contributed by atoms with E-state index in [1.165, 1.54) is 5.56 Å². The molecule has 156 valence electrons. The Bertz CT molecular complexity index is 629. The van der Waals surface area contributed by atoms with Crippen molar-refractivity contribution in [1.29, 1.82) is 0 Å². The summed E-state index contributed by atoms with van der Waals surface area (Å²) in [6, 6.07) is 0.527. The molecule has 3 atom stereocenters. The van der Waals surface area contributed by atoms with Crippen LogP contribution in [0.2, 0.25) is 0 Å². The summed E-state index contributed by atoms with van der Waals surface area (Å²) in [6.07, 6.45) is 4.94. The van der Waals surface area contributed by atoms with Gasteiger partial charge in [-0.15, -0.1) is 24.0 Å². The minimum absolute atomic E-state index is 0. The van der Waals surface area contributed by atoms with Gasteiger partial charge in [0.2, 0.25) is 0 Å². The Morgan fingerprint density at radius 3 is 2.56 bits per heavy atom. The first-order chi connectivity index (χ1) is 12.1. The Kier molecular flexibility index (Phi) is 8.55. The molecule has 1 aliphatic rings. The number of aromatic nitrogens is 2. The number of likely N-dealkylation sites (N-methyl/N-ethyl adjacent to an activating group) is 1. The lowest BCUT2D eigenvalue weighted by Crippen LogP contribution is -2.69. The summed E-state index contributed by atoms with van der Waals surface area (Å²) in [6.45, 7) is 10.3. The Morgan fingerprint density at radius 1 is 1.44 bits per heavy atom. The number of methoxy groups -OCH3 is 1. The highest BCUT2D eigenvalue weighted by atomic mass is 127. The van der Waals surface area contributed by atoms with Crippen LogP contribution in [0.25, 0.3) is 0 Å². The van der Waals surface area contributed by atoms with Crippen molar-refractivity contribution < 1.29 is 4.74 Å². The van der Waals surface area contributed by atoms with E-state index in [0.29, 0.717) is 12.6 Å². The molecule has 0 spiro atoms. The van der Waals surface area contributed by atoms with Gasteiger partial charge in [-0.05, 0) is 34.4 Å². The lowest BCUT2D eigenvalue weighted by atomic mass is 9.56. The molecule has 0 saturated heterocycles. The summed E-state index contributed by atoms with van der Waals surface area (Å²) in [4.78, 5) is 7.04. The third-order valence-electron chi connectivity index (χ3n) is 6.09. The van der Waals surface area contributed by atoms with Gasteiger partial charge in [0.1, 0.15) is 0 Å². The van der Waals surface area contributed by atoms with Crippen molar-refractivity contribution in [2.45, 2.75) is 51.8 Å². The fourth-order valence-electron chi connectivity index (χ4n) is 3.56. The van der Waals surface area contributed by atoms with E-state index in [-0.39, 0.29) is 41.0 Å². The topological polar surface area (TPSA) is 66.7 Å². The van der Waals surface area contributed by atoms with Gasteiger partial charge in [-0.3, -0.25) is 9.67 Å². The molecule has 3 unspecified atom stereocenters. The zero-order valence-corrected chi connectivity index (χ0v) is 20.4. The van der Waals surface area contributed by atoms with Crippen molar-refractivity contribution in [2.75, 3.05) is 34.3 Å². The first kappa shape index (κ1) is 24.2. The second kappa shape index (κ2) is 9.56. The lowest BCUT2D eigenvalue weighted by molar-refractivity contribution is -0.176. The molecule has 2 rings (SSSR count). The Hall–Kier alpha value is -0.870. The van der Waals surface area contributed by atoms with Crippen molar-refractivity contribution in [3.8, 4) is 0 Å². The summed E-state index contributed by atoms with van der Waals surface area (Å²) in [5.74, 6) is 0.861. The van der Waals surface area contributed by atoms with Gasteiger partial charge >= 0.3 is 0 Å². The maximum absolute atomic E-state index is 5.73. The molecule has 0 aromatic carbocycles. The van der Waals surface area contributed by atoms with E-state index in [1.54, 1.807) is 7.11 Å². The predicted molar refractivity (Wildman–Crippen MR) is 122 cm³/mol. The van der Waals surface area contributed by atoms with Gasteiger partial charge in [-0.2, -0.15) is 5.10 Å². The Balaban J connectivity index is 0.00000364. The lowest BCUT2D eigenvalue weighted by Gasteiger charge is -2.59. The highest BCUT2D eigenvalue weighted by molar-refractivity contribution is 14.0. The molecule has 0 bridgehead atoms. The van der Waals surface area contributed by atoms with Crippen molar-refractivity contribution >= 4 is 29.9 Å². The standard InChI is InChI=1S/C19H36N6O.HI/c1-9-20-17(23-16-10-19(4,26-8)18(16,2)3)21-12-15(24(5)6)14-11-22-25(7)13-14;/h11,13,15-16H,9-10,12H2,1-8H3,(H2,20,21,23);1H. The van der Waals surface area contributed by atoms with E-state index in [4.69, 9.17) is 9.73 Å². The molecule has 1 aliphatic carbocycles. The fraction of sp³-hybridized carbons (Fsp3) is 0.789. The highest BCUT2D eigenvalue weighted by Crippen LogP contribution is 2.51. The van der Waals surface area contributed by atoms with E-state index < -0.39 is 0 Å². The molecule has 1 saturated carbocycles. The van der Waals surface area contributed by atoms with E-state index >= 15 is 0 Å². The average Bonchev–Trinajstić information content (AvgIpc) is 3.00. The van der Waals surface area contributed by atoms with Crippen molar-refractivity contribution in [3.63, 3.8) is 0 Å². The number of hydrogen-bond acceptors (Lipinski definition) is 4. The van der Waals surface area contributed by atoms with Gasteiger partial charge in [0.15, 0.2) is 5.96 Å². The number of nitrogens with one attached hydrogen (secondary N) is 2. The summed E-state index contributed by atoms with van der Waals surface area (Å²) in [5, 5.41) is 11.3. The molecule has 0 radical (unpaired) electrons. The average molecular weight is 492 g/mol. The van der Waals surface area contributed by atoms with E-state index in [0.717, 1.165) is 18.9 Å². The maximum atomic E-state index is 5.73. The number of ether oxygens (including phenoxy) is 1. The number of aryl methyl sites for hydroxylation is 1. The van der Waals surface area contributed by atoms with Crippen LogP contribution in [0.1, 0.15) is 45.7 Å². The zero-order chi connectivity index (χ0) is 19.5. The smallest absolute Gasteiger partial charge is 0.191 e. The molecule has 1 aromatic heterocycles. The summed E-state index contributed by atoms with van der Waals surface area (Å²) in [5.41, 5.74) is 1.12. The van der Waals surface area contributed by atoms with E-state index in [9.17, 15) is 0 Å². The molecule has 7 nitrogen and oxygen atoms in total. The highest BCUT2D eigenvalue weighted by Gasteiger charge is 2.58. The molecular weight excluding hydrogens is 455 g/mol. The normalized spacial score (nSPS) is 25.5. The number of rotatable bonds is 7. The van der Waals surface area contributed by atoms with Gasteiger partial charge in [0.25, 0.3) is 0 Å². The Labute approximate surface area is 181 Å². The van der Waals surface area contributed by atoms with Crippen LogP contribution in [-0.4, -0.2) is 66.6 Å². The van der Waals surface area contributed by atoms with Crippen LogP contribution in [-0.2, 0) is 11.8 Å². The van der Waals surface area contributed by atoms with Gasteiger partial charge < -0.3 is 20.3 Å². The molecule has 0 amide bonds. The van der Waals surface area contributed by atoms with Crippen LogP contribution in [0, 0.1) is 5.41 Å². The summed E-state index contributed by atoms with van der Waals surface area (Å²) in [7, 11) is 7.89. The minimum atomic E-state index is -0.0934. The predicted octanol–water partition coefficient (Wildman–Crippen LogP) is 2.40. The summed E-state index contributed by atoms with van der Waals surface area (Å²) >= 11 is 0. The van der Waals surface area contributed by atoms with Crippen molar-refractivity contribution in [1.82, 2.24) is 25.3 Å². The van der Waals surface area contributed by atoms with E-state index in [2.05, 4.69) is 68.6 Å². The monoisotopic (exact) mass is 492 g/mol. The molecule has 1 fully saturated rings. The number of halogens is 1. The molecular formula is C19H37IN6O. The first-order valence-corrected chi connectivity index (χ1v) is 9.39. The van der Waals surface area contributed by atoms with Crippen LogP contribution in [0.5, 0.6) is 0 Å². The minimum Gasteiger partial charge on any atom is -0.378 e. The number of aliphatic imine (C=N–C) groups is 1. The molecule has 2 N–H and O–H groups in total. The molecule has 1 heterocycles. The van der Waals surface area contributed by atoms with Crippen LogP contribution in [0.4, 0.5) is 0 Å². The molecule has 0 aliphatic heterocycles. The van der Waals surface area contributed by atoms with Gasteiger partial charge in [0, 0.05) is 43.9 Å². The molecule has 8 heteroatoms. The maximum Gasteiger partial charge on any atom is 0.191 e. The third-order valence-corrected chi connectivity index (χ3v) is 6.09. The number of guanidine groups is 1. The number of nitrogens with zero attached hydrogens (tertiary/aromatic N) is 4. The third kappa shape index (κ3) is 5.14. The van der Waals surface area contributed by atoms with Crippen LogP contribution in [0.3, 0.4) is 0 Å². The second-order valence-electron chi connectivity index (χ2n) is 8.20. The quantitative estimate of drug-likeness (QED) is 0.348. The van der Waals surface area contributed by atoms with Gasteiger partial charge in [-0.25, -0.2) is 0 Å². The van der Waals surface area contributed by atoms with Crippen molar-refractivity contribution in [2.24, 2.45) is 17.5 Å². The SMILES string of the molecule is CCNC(=NCC(c1cnn(C)c1)N(C)C)NC1CC(C)(OC)C1(C)C.I. The van der Waals surface area contributed by atoms with Crippen LogP contribution in [0.15, 0.2) is 17.4 Å². The first-order valence-electron chi connectivity index (χ1n) is 9.39. The van der Waals surface area contributed by atoms with E-state index in [1.807, 2.05) is 17.9 Å². The van der Waals surface area contributed by atoms with Crippen LogP contribution >= 0.6 is 24.0 Å². The zero-order valence-electron chi connectivity index (χ0n) is 18.0. The second-order valence-corrected chi connectivity index (χ2v) is 8.20. The number of hydrogen-bond donors (Lipinski definition) is 2. The molecule has 1 aromatic rings. The van der Waals surface area contributed by atoms with Crippen LogP contribution < -0.4 is 10.6 Å². The molecule has 27 heavy (non-hydrogen) atoms. The summed E-state index contributed by atoms with van der Waals surface area (Å²) < 4.78 is 7.57. The Morgan fingerprint density at radius 2 is 2.11 bits per heavy atom. The van der Waals surface area contributed by atoms with Crippen molar-refractivity contribution in [3.05, 3.63) is 18.0 Å². The van der Waals surface area contributed by atoms with Gasteiger partial charge in [-0.1, -0.05) is 13.8 Å². The largest absolute Gasteiger partial charge is 0.378 e. The van der Waals surface area contributed by atoms with Gasteiger partial charge in [0.05, 0.1) is 24.4 Å².